The van der Waals surface area contributed by atoms with Crippen molar-refractivity contribution < 1.29 is 14.0 Å². The zero-order valence-corrected chi connectivity index (χ0v) is 15.9. The number of likely N-dealkylation sites (tertiary alicyclic amines) is 1. The van der Waals surface area contributed by atoms with E-state index in [1.54, 1.807) is 6.92 Å². The number of nitrogens with zero attached hydrogens (tertiary/aromatic N) is 1. The Kier molecular flexibility index (Phi) is 6.24. The first-order valence-electron chi connectivity index (χ1n) is 9.05. The molecule has 4 nitrogen and oxygen atoms in total. The molecule has 2 aromatic rings. The largest absolute Gasteiger partial charge is 0.322 e. The van der Waals surface area contributed by atoms with Crippen LogP contribution in [0.5, 0.6) is 0 Å². The molecule has 6 heteroatoms. The molecule has 1 heterocycles. The molecule has 1 fully saturated rings. The van der Waals surface area contributed by atoms with Crippen LogP contribution >= 0.6 is 11.6 Å². The zero-order valence-electron chi connectivity index (χ0n) is 15.1. The Balaban J connectivity index is 1.56. The molecule has 0 aliphatic carbocycles. The summed E-state index contributed by atoms with van der Waals surface area (Å²) in [6, 6.07) is 12.9. The van der Waals surface area contributed by atoms with E-state index in [-0.39, 0.29) is 23.3 Å². The molecule has 0 bridgehead atoms. The van der Waals surface area contributed by atoms with Gasteiger partial charge in [0.25, 0.3) is 0 Å². The molecule has 1 aliphatic rings. The molecule has 1 aliphatic heterocycles. The van der Waals surface area contributed by atoms with Crippen LogP contribution in [0, 0.1) is 11.7 Å². The van der Waals surface area contributed by atoms with Crippen molar-refractivity contribution in [3.05, 3.63) is 64.9 Å². The SMILES string of the molecule is CC(C(=O)Nc1cc(Cl)ccc1F)N1CCC(C(=O)c2ccccc2)CC1. The highest BCUT2D eigenvalue weighted by molar-refractivity contribution is 6.30. The maximum atomic E-state index is 13.8. The van der Waals surface area contributed by atoms with E-state index in [9.17, 15) is 14.0 Å². The van der Waals surface area contributed by atoms with E-state index >= 15 is 0 Å². The minimum absolute atomic E-state index is 0.0238. The predicted octanol–water partition coefficient (Wildman–Crippen LogP) is 4.40. The highest BCUT2D eigenvalue weighted by Gasteiger charge is 2.30. The van der Waals surface area contributed by atoms with Gasteiger partial charge in [-0.3, -0.25) is 14.5 Å². The first kappa shape index (κ1) is 19.5. The van der Waals surface area contributed by atoms with Gasteiger partial charge in [-0.15, -0.1) is 0 Å². The molecule has 0 aromatic heterocycles. The van der Waals surface area contributed by atoms with Crippen molar-refractivity contribution in [2.24, 2.45) is 5.92 Å². The van der Waals surface area contributed by atoms with E-state index in [2.05, 4.69) is 5.32 Å². The molecule has 2 aromatic carbocycles. The van der Waals surface area contributed by atoms with E-state index in [0.29, 0.717) is 31.0 Å². The summed E-state index contributed by atoms with van der Waals surface area (Å²) in [4.78, 5) is 27.1. The number of hydrogen-bond acceptors (Lipinski definition) is 3. The normalized spacial score (nSPS) is 16.7. The first-order valence-corrected chi connectivity index (χ1v) is 9.42. The summed E-state index contributed by atoms with van der Waals surface area (Å²) in [5, 5.41) is 2.96. The van der Waals surface area contributed by atoms with Crippen molar-refractivity contribution in [3.8, 4) is 0 Å². The van der Waals surface area contributed by atoms with Gasteiger partial charge in [0.15, 0.2) is 5.78 Å². The van der Waals surface area contributed by atoms with Crippen LogP contribution in [0.2, 0.25) is 5.02 Å². The fourth-order valence-electron chi connectivity index (χ4n) is 3.38. The van der Waals surface area contributed by atoms with E-state index in [4.69, 9.17) is 11.6 Å². The lowest BCUT2D eigenvalue weighted by molar-refractivity contribution is -0.121. The van der Waals surface area contributed by atoms with Crippen LogP contribution in [0.25, 0.3) is 0 Å². The van der Waals surface area contributed by atoms with Gasteiger partial charge in [-0.25, -0.2) is 4.39 Å². The Morgan fingerprint density at radius 1 is 1.15 bits per heavy atom. The molecule has 0 radical (unpaired) electrons. The lowest BCUT2D eigenvalue weighted by Gasteiger charge is -2.34. The standard InChI is InChI=1S/C21H22ClFN2O2/c1-14(21(27)24-19-13-17(22)7-8-18(19)23)25-11-9-16(10-12-25)20(26)15-5-3-2-4-6-15/h2-8,13-14,16H,9-12H2,1H3,(H,24,27). The summed E-state index contributed by atoms with van der Waals surface area (Å²) in [6.45, 7) is 3.09. The Morgan fingerprint density at radius 3 is 2.48 bits per heavy atom. The number of halogens is 2. The fraction of sp³-hybridized carbons (Fsp3) is 0.333. The molecule has 27 heavy (non-hydrogen) atoms. The Hall–Kier alpha value is -2.24. The average molecular weight is 389 g/mol. The third kappa shape index (κ3) is 4.73. The number of anilines is 1. The fourth-order valence-corrected chi connectivity index (χ4v) is 3.56. The van der Waals surface area contributed by atoms with Crippen LogP contribution in [-0.2, 0) is 4.79 Å². The highest BCUT2D eigenvalue weighted by atomic mass is 35.5. The number of piperidine rings is 1. The van der Waals surface area contributed by atoms with Crippen molar-refractivity contribution in [3.63, 3.8) is 0 Å². The van der Waals surface area contributed by atoms with Gasteiger partial charge in [-0.1, -0.05) is 41.9 Å². The number of benzene rings is 2. The van der Waals surface area contributed by atoms with E-state index in [0.717, 1.165) is 5.56 Å². The average Bonchev–Trinajstić information content (AvgIpc) is 2.70. The molecular formula is C21H22ClFN2O2. The van der Waals surface area contributed by atoms with Crippen LogP contribution in [0.1, 0.15) is 30.1 Å². The summed E-state index contributed by atoms with van der Waals surface area (Å²) >= 11 is 5.86. The number of hydrogen-bond donors (Lipinski definition) is 1. The molecule has 1 unspecified atom stereocenters. The number of Topliss-reactive ketones (excluding diaryl/α,β-unsaturated/α-hetero) is 1. The second-order valence-electron chi connectivity index (χ2n) is 6.83. The monoisotopic (exact) mass is 388 g/mol. The molecule has 1 N–H and O–H groups in total. The Bertz CT molecular complexity index is 820. The summed E-state index contributed by atoms with van der Waals surface area (Å²) in [6.07, 6.45) is 1.41. The van der Waals surface area contributed by atoms with Crippen molar-refractivity contribution >= 4 is 29.0 Å². The van der Waals surface area contributed by atoms with E-state index in [1.165, 1.54) is 18.2 Å². The Morgan fingerprint density at radius 2 is 1.81 bits per heavy atom. The molecule has 142 valence electrons. The molecule has 1 saturated heterocycles. The van der Waals surface area contributed by atoms with Crippen molar-refractivity contribution in [1.82, 2.24) is 4.90 Å². The third-order valence-corrected chi connectivity index (χ3v) is 5.31. The van der Waals surface area contributed by atoms with Crippen molar-refractivity contribution in [2.75, 3.05) is 18.4 Å². The number of amides is 1. The van der Waals surface area contributed by atoms with E-state index < -0.39 is 11.9 Å². The summed E-state index contributed by atoms with van der Waals surface area (Å²) < 4.78 is 13.8. The van der Waals surface area contributed by atoms with Crippen LogP contribution in [0.15, 0.2) is 48.5 Å². The van der Waals surface area contributed by atoms with Gasteiger partial charge in [-0.05, 0) is 51.1 Å². The molecule has 1 atom stereocenters. The summed E-state index contributed by atoms with van der Waals surface area (Å²) in [5.74, 6) is -0.672. The lowest BCUT2D eigenvalue weighted by Crippen LogP contribution is -2.47. The molecule has 3 rings (SSSR count). The van der Waals surface area contributed by atoms with Crippen LogP contribution in [-0.4, -0.2) is 35.7 Å². The van der Waals surface area contributed by atoms with Crippen molar-refractivity contribution in [2.45, 2.75) is 25.8 Å². The summed E-state index contributed by atoms with van der Waals surface area (Å²) in [7, 11) is 0. The summed E-state index contributed by atoms with van der Waals surface area (Å²) in [5.41, 5.74) is 0.812. The quantitative estimate of drug-likeness (QED) is 0.772. The first-order chi connectivity index (χ1) is 13.0. The van der Waals surface area contributed by atoms with Gasteiger partial charge < -0.3 is 5.32 Å². The van der Waals surface area contributed by atoms with Gasteiger partial charge in [0, 0.05) is 16.5 Å². The minimum Gasteiger partial charge on any atom is -0.322 e. The predicted molar refractivity (Wildman–Crippen MR) is 105 cm³/mol. The molecule has 0 spiro atoms. The Labute approximate surface area is 163 Å². The second kappa shape index (κ2) is 8.63. The number of carbonyl (C=O) groups excluding carboxylic acids is 2. The van der Waals surface area contributed by atoms with Gasteiger partial charge in [0.2, 0.25) is 5.91 Å². The second-order valence-corrected chi connectivity index (χ2v) is 7.27. The maximum Gasteiger partial charge on any atom is 0.241 e. The van der Waals surface area contributed by atoms with Crippen molar-refractivity contribution in [1.29, 1.82) is 0 Å². The maximum absolute atomic E-state index is 13.8. The number of nitrogens with one attached hydrogen (secondary N) is 1. The van der Waals surface area contributed by atoms with Gasteiger partial charge in [-0.2, -0.15) is 0 Å². The molecular weight excluding hydrogens is 367 g/mol. The highest BCUT2D eigenvalue weighted by Crippen LogP contribution is 2.24. The lowest BCUT2D eigenvalue weighted by atomic mass is 9.88. The number of ketones is 1. The van der Waals surface area contributed by atoms with E-state index in [1.807, 2.05) is 35.2 Å². The van der Waals surface area contributed by atoms with Crippen LogP contribution in [0.4, 0.5) is 10.1 Å². The number of carbonyl (C=O) groups is 2. The third-order valence-electron chi connectivity index (χ3n) is 5.07. The number of rotatable bonds is 5. The smallest absolute Gasteiger partial charge is 0.241 e. The van der Waals surface area contributed by atoms with Gasteiger partial charge in [0.1, 0.15) is 5.82 Å². The topological polar surface area (TPSA) is 49.4 Å². The van der Waals surface area contributed by atoms with Crippen LogP contribution < -0.4 is 5.32 Å². The van der Waals surface area contributed by atoms with Crippen LogP contribution in [0.3, 0.4) is 0 Å². The van der Waals surface area contributed by atoms with Gasteiger partial charge in [0.05, 0.1) is 11.7 Å². The molecule has 0 saturated carbocycles. The zero-order chi connectivity index (χ0) is 19.4. The van der Waals surface area contributed by atoms with Gasteiger partial charge >= 0.3 is 0 Å². The molecule has 1 amide bonds. The minimum atomic E-state index is -0.521.